The monoisotopic (exact) mass is 607 g/mol. The van der Waals surface area contributed by atoms with Crippen LogP contribution in [0.5, 0.6) is 0 Å². The highest BCUT2D eigenvalue weighted by Crippen LogP contribution is 2.38. The molecule has 10 heteroatoms. The third kappa shape index (κ3) is 5.69. The Morgan fingerprint density at radius 1 is 0.864 bits per heavy atom. The Morgan fingerprint density at radius 2 is 1.52 bits per heavy atom. The first-order valence-corrected chi connectivity index (χ1v) is 16.6. The van der Waals surface area contributed by atoms with Crippen molar-refractivity contribution in [1.29, 1.82) is 0 Å². The lowest BCUT2D eigenvalue weighted by Crippen LogP contribution is -2.49. The molecule has 0 bridgehead atoms. The van der Waals surface area contributed by atoms with E-state index in [1.807, 2.05) is 0 Å². The van der Waals surface area contributed by atoms with Gasteiger partial charge in [0.2, 0.25) is 0 Å². The van der Waals surface area contributed by atoms with Crippen molar-refractivity contribution in [1.82, 2.24) is 34.5 Å². The van der Waals surface area contributed by atoms with Crippen molar-refractivity contribution in [2.24, 2.45) is 0 Å². The van der Waals surface area contributed by atoms with Crippen molar-refractivity contribution < 1.29 is 0 Å². The first-order chi connectivity index (χ1) is 21.5. The van der Waals surface area contributed by atoms with E-state index in [1.54, 1.807) is 17.7 Å². The van der Waals surface area contributed by atoms with Gasteiger partial charge in [-0.3, -0.25) is 4.90 Å². The predicted octanol–water partition coefficient (Wildman–Crippen LogP) is 6.54. The van der Waals surface area contributed by atoms with Gasteiger partial charge in [0.05, 0.1) is 17.1 Å². The van der Waals surface area contributed by atoms with Crippen LogP contribution < -0.4 is 11.1 Å². The fraction of sp³-hybridized carbons (Fsp3) is 0.412. The topological polar surface area (TPSA) is 101 Å². The highest BCUT2D eigenvalue weighted by atomic mass is 32.1. The van der Waals surface area contributed by atoms with E-state index in [9.17, 15) is 0 Å². The Morgan fingerprint density at radius 3 is 2.23 bits per heavy atom. The molecule has 2 aromatic carbocycles. The van der Waals surface area contributed by atoms with E-state index in [4.69, 9.17) is 15.8 Å². The summed E-state index contributed by atoms with van der Waals surface area (Å²) in [6, 6.07) is 17.9. The van der Waals surface area contributed by atoms with Crippen LogP contribution in [0, 0.1) is 6.92 Å². The molecule has 0 unspecified atom stereocenters. The molecule has 0 amide bonds. The number of aryl methyl sites for hydroxylation is 2. The van der Waals surface area contributed by atoms with E-state index in [0.29, 0.717) is 17.9 Å². The number of nitrogens with one attached hydrogen (secondary N) is 1. The number of hydrogen-bond acceptors (Lipinski definition) is 9. The normalized spacial score (nSPS) is 19.9. The minimum atomic E-state index is 0.311. The lowest BCUT2D eigenvalue weighted by molar-refractivity contribution is 0.0815. The summed E-state index contributed by atoms with van der Waals surface area (Å²) in [6.07, 6.45) is 7.07. The SMILES string of the molecule is CCc1sc(Nc2ccc(-c3nn(C4CCC(N5CCN(C)CC5)CC4)c4ncnc(N)c34)cc2)nc1-c1ccc(C)cc1. The van der Waals surface area contributed by atoms with Crippen molar-refractivity contribution in [2.75, 3.05) is 44.3 Å². The molecule has 3 N–H and O–H groups in total. The van der Waals surface area contributed by atoms with Gasteiger partial charge in [-0.05, 0) is 58.2 Å². The molecule has 0 atom stereocenters. The molecule has 7 rings (SSSR count). The number of fused-ring (bicyclic) bond motifs is 1. The second-order valence-electron chi connectivity index (χ2n) is 12.3. The van der Waals surface area contributed by atoms with Gasteiger partial charge in [-0.1, -0.05) is 48.9 Å². The molecule has 1 saturated heterocycles. The molecule has 4 heterocycles. The third-order valence-electron chi connectivity index (χ3n) is 9.34. The highest BCUT2D eigenvalue weighted by molar-refractivity contribution is 7.16. The lowest BCUT2D eigenvalue weighted by atomic mass is 9.90. The number of benzene rings is 2. The Balaban J connectivity index is 1.10. The van der Waals surface area contributed by atoms with Gasteiger partial charge in [0.15, 0.2) is 10.8 Å². The van der Waals surface area contributed by atoms with Crippen LogP contribution in [0.1, 0.15) is 49.1 Å². The first kappa shape index (κ1) is 28.9. The molecule has 2 aliphatic rings. The van der Waals surface area contributed by atoms with E-state index < -0.39 is 0 Å². The molecule has 0 spiro atoms. The summed E-state index contributed by atoms with van der Waals surface area (Å²) in [6.45, 7) is 8.96. The first-order valence-electron chi connectivity index (χ1n) is 15.8. The quantitative estimate of drug-likeness (QED) is 0.215. The van der Waals surface area contributed by atoms with Crippen LogP contribution in [-0.2, 0) is 6.42 Å². The van der Waals surface area contributed by atoms with Gasteiger partial charge in [-0.2, -0.15) is 5.10 Å². The number of aromatic nitrogens is 5. The molecule has 0 radical (unpaired) electrons. The molecule has 1 aliphatic carbocycles. The van der Waals surface area contributed by atoms with E-state index >= 15 is 0 Å². The fourth-order valence-corrected chi connectivity index (χ4v) is 7.67. The van der Waals surface area contributed by atoms with Crippen LogP contribution in [0.2, 0.25) is 0 Å². The number of nitrogens with zero attached hydrogens (tertiary/aromatic N) is 7. The number of hydrogen-bond donors (Lipinski definition) is 2. The molecular formula is C34H41N9S. The van der Waals surface area contributed by atoms with Crippen molar-refractivity contribution in [3.8, 4) is 22.5 Å². The summed E-state index contributed by atoms with van der Waals surface area (Å²) in [4.78, 5) is 20.4. The number of nitrogen functional groups attached to an aromatic ring is 1. The number of piperazine rings is 1. The molecular weight excluding hydrogens is 567 g/mol. The predicted molar refractivity (Wildman–Crippen MR) is 180 cm³/mol. The maximum atomic E-state index is 6.45. The van der Waals surface area contributed by atoms with Gasteiger partial charge in [-0.25, -0.2) is 19.6 Å². The second-order valence-corrected chi connectivity index (χ2v) is 13.3. The Bertz CT molecular complexity index is 1730. The molecule has 2 fully saturated rings. The number of rotatable bonds is 7. The zero-order chi connectivity index (χ0) is 30.2. The highest BCUT2D eigenvalue weighted by Gasteiger charge is 2.30. The average Bonchev–Trinajstić information content (AvgIpc) is 3.65. The van der Waals surface area contributed by atoms with Gasteiger partial charge in [-0.15, -0.1) is 11.3 Å². The summed E-state index contributed by atoms with van der Waals surface area (Å²) < 4.78 is 2.13. The van der Waals surface area contributed by atoms with Gasteiger partial charge in [0, 0.05) is 53.9 Å². The van der Waals surface area contributed by atoms with Crippen molar-refractivity contribution in [2.45, 2.75) is 58.0 Å². The molecule has 44 heavy (non-hydrogen) atoms. The maximum absolute atomic E-state index is 6.45. The smallest absolute Gasteiger partial charge is 0.187 e. The van der Waals surface area contributed by atoms with Gasteiger partial charge < -0.3 is 16.0 Å². The molecule has 9 nitrogen and oxygen atoms in total. The third-order valence-corrected chi connectivity index (χ3v) is 10.5. The Kier molecular flexibility index (Phi) is 8.05. The molecule has 1 aliphatic heterocycles. The summed E-state index contributed by atoms with van der Waals surface area (Å²) >= 11 is 1.71. The van der Waals surface area contributed by atoms with Crippen molar-refractivity contribution in [3.05, 3.63) is 65.3 Å². The Labute approximate surface area is 263 Å². The van der Waals surface area contributed by atoms with Crippen molar-refractivity contribution >= 4 is 39.0 Å². The number of likely N-dealkylation sites (N-methyl/N-ethyl adjacent to an activating group) is 1. The summed E-state index contributed by atoms with van der Waals surface area (Å²) in [5, 5.41) is 10.4. The van der Waals surface area contributed by atoms with E-state index in [-0.39, 0.29) is 0 Å². The molecule has 1 saturated carbocycles. The van der Waals surface area contributed by atoms with Gasteiger partial charge >= 0.3 is 0 Å². The molecule has 5 aromatic rings. The zero-order valence-corrected chi connectivity index (χ0v) is 26.6. The number of nitrogens with two attached hydrogens (primary N) is 1. The van der Waals surface area contributed by atoms with Gasteiger partial charge in [0.25, 0.3) is 0 Å². The lowest BCUT2D eigenvalue weighted by Gasteiger charge is -2.41. The van der Waals surface area contributed by atoms with E-state index in [2.05, 4.69) is 99.2 Å². The number of anilines is 3. The average molecular weight is 608 g/mol. The number of thiazole rings is 1. The van der Waals surface area contributed by atoms with Crippen molar-refractivity contribution in [3.63, 3.8) is 0 Å². The zero-order valence-electron chi connectivity index (χ0n) is 25.8. The molecule has 228 valence electrons. The largest absolute Gasteiger partial charge is 0.383 e. The minimum Gasteiger partial charge on any atom is -0.383 e. The standard InChI is InChI=1S/C34H41N9S/c1-4-28-30(23-7-5-22(2)6-8-23)39-34(44-28)38-25-11-9-24(10-12-25)31-29-32(35)36-21-37-33(29)43(40-31)27-15-13-26(14-16-27)42-19-17-41(3)18-20-42/h5-12,21,26-27H,4,13-20H2,1-3H3,(H,38,39)(H2,35,36,37). The van der Waals surface area contributed by atoms with Crippen LogP contribution in [-0.4, -0.2) is 73.8 Å². The second kappa shape index (κ2) is 12.3. The maximum Gasteiger partial charge on any atom is 0.187 e. The van der Waals surface area contributed by atoms with E-state index in [0.717, 1.165) is 76.7 Å². The van der Waals surface area contributed by atoms with Crippen LogP contribution in [0.15, 0.2) is 54.9 Å². The Hall–Kier alpha value is -3.86. The fourth-order valence-electron chi connectivity index (χ4n) is 6.72. The van der Waals surface area contributed by atoms with Crippen LogP contribution >= 0.6 is 11.3 Å². The van der Waals surface area contributed by atoms with Crippen LogP contribution in [0.3, 0.4) is 0 Å². The summed E-state index contributed by atoms with van der Waals surface area (Å²) in [5.74, 6) is 0.475. The minimum absolute atomic E-state index is 0.311. The summed E-state index contributed by atoms with van der Waals surface area (Å²) in [5.41, 5.74) is 13.6. The molecule has 3 aromatic heterocycles. The summed E-state index contributed by atoms with van der Waals surface area (Å²) in [7, 11) is 2.22. The van der Waals surface area contributed by atoms with Crippen LogP contribution in [0.25, 0.3) is 33.5 Å². The van der Waals surface area contributed by atoms with Crippen LogP contribution in [0.4, 0.5) is 16.6 Å². The van der Waals surface area contributed by atoms with E-state index in [1.165, 1.54) is 36.4 Å². The van der Waals surface area contributed by atoms with Gasteiger partial charge in [0.1, 0.15) is 17.8 Å².